The normalized spacial score (nSPS) is 3.80. The topological polar surface area (TPSA) is 121 Å². The minimum atomic E-state index is 0. The fraction of sp³-hybridized carbons (Fsp3) is 0. The van der Waals surface area contributed by atoms with Gasteiger partial charge in [-0.05, 0) is 11.8 Å². The molecule has 0 aromatic heterocycles. The van der Waals surface area contributed by atoms with Crippen LogP contribution in [0.5, 0.6) is 0 Å². The number of halogens is 1. The van der Waals surface area contributed by atoms with Crippen LogP contribution in [0.15, 0.2) is 0 Å². The smallest absolute Gasteiger partial charge is 0.138 e. The molecule has 0 aliphatic rings. The zero-order chi connectivity index (χ0) is 2.71. The van der Waals surface area contributed by atoms with Crippen LogP contribution in [0.25, 0.3) is 0 Å². The quantitative estimate of drug-likeness (QED) is 0.342. The molecule has 0 aromatic carbocycles. The van der Waals surface area contributed by atoms with Gasteiger partial charge in [-0.1, -0.05) is 0 Å². The van der Waals surface area contributed by atoms with Crippen LogP contribution < -0.4 is 5.25 Å². The lowest BCUT2D eigenvalue weighted by atomic mass is 14.0. The predicted octanol–water partition coefficient (Wildman–Crippen LogP) is -2.38. The standard InChI is InChI=1S/ClH2N.3H2O/c1-2;;;/h2H2;3*1H2/i/hT. The summed E-state index contributed by atoms with van der Waals surface area (Å²) in [7, 11) is 0. The second-order valence-electron chi connectivity index (χ2n) is 0. The molecule has 5 heteroatoms. The Hall–Kier alpha value is 0.130. The summed E-state index contributed by atoms with van der Waals surface area (Å²) in [6.07, 6.45) is 0. The third-order valence-electron chi connectivity index (χ3n) is 0. The minimum absolute atomic E-state index is 0. The van der Waals surface area contributed by atoms with Gasteiger partial charge in [0, 0.05) is 0 Å². The van der Waals surface area contributed by atoms with Gasteiger partial charge in [0.2, 0.25) is 0 Å². The molecule has 0 saturated heterocycles. The highest BCUT2D eigenvalue weighted by Crippen LogP contribution is 1.15. The van der Waals surface area contributed by atoms with Crippen molar-refractivity contribution in [1.82, 2.24) is 0 Å². The molecule has 0 heterocycles. The summed E-state index contributed by atoms with van der Waals surface area (Å²) in [6, 6.07) is 0. The largest absolute Gasteiger partial charge is 0.412 e. The maximum atomic E-state index is 5.72. The average molecular weight is 108 g/mol. The first-order valence-electron chi connectivity index (χ1n) is 0.689. The van der Waals surface area contributed by atoms with Crippen molar-refractivity contribution in [2.24, 2.45) is 5.25 Å². The Morgan fingerprint density at radius 3 is 1.40 bits per heavy atom. The molecule has 0 amide bonds. The van der Waals surface area contributed by atoms with Gasteiger partial charge >= 0.3 is 0 Å². The predicted molar refractivity (Wildman–Crippen MR) is 20.9 cm³/mol. The Labute approximate surface area is 36.0 Å². The van der Waals surface area contributed by atoms with E-state index in [4.69, 9.17) is 1.41 Å². The Morgan fingerprint density at radius 2 is 1.40 bits per heavy atom. The molecule has 38 valence electrons. The summed E-state index contributed by atoms with van der Waals surface area (Å²) in [5, 5.41) is 1.47. The van der Waals surface area contributed by atoms with Crippen molar-refractivity contribution in [3.8, 4) is 0 Å². The first kappa shape index (κ1) is 19.3. The van der Waals surface area contributed by atoms with Gasteiger partial charge in [-0.2, -0.15) is 0 Å². The average Bonchev–Trinajstić information content (AvgIpc) is 0.918. The fourth-order valence-corrected chi connectivity index (χ4v) is 0. The SMILES string of the molecule is O.O.O.[3H]NCl. The third-order valence-corrected chi connectivity index (χ3v) is 0. The molecule has 0 saturated carbocycles. The maximum Gasteiger partial charge on any atom is 0.138 e. The van der Waals surface area contributed by atoms with E-state index >= 15 is 0 Å². The molecule has 0 rings (SSSR count). The van der Waals surface area contributed by atoms with Crippen LogP contribution in [0, 0.1) is 0 Å². The van der Waals surface area contributed by atoms with Crippen molar-refractivity contribution in [2.75, 3.05) is 0 Å². The van der Waals surface area contributed by atoms with Gasteiger partial charge in [-0.3, -0.25) is 0 Å². The van der Waals surface area contributed by atoms with Gasteiger partial charge in [-0.25, -0.2) is 5.25 Å². The van der Waals surface area contributed by atoms with Crippen molar-refractivity contribution in [3.63, 3.8) is 0 Å². The molecular formula is H8ClNO3. The molecule has 0 spiro atoms. The highest BCUT2D eigenvalue weighted by atomic mass is 35.5. The monoisotopic (exact) mass is 107 g/mol. The molecule has 0 bridgehead atoms. The van der Waals surface area contributed by atoms with E-state index in [1.807, 2.05) is 0 Å². The second kappa shape index (κ2) is 2390. The van der Waals surface area contributed by atoms with Crippen LogP contribution in [0.3, 0.4) is 0 Å². The zero-order valence-corrected chi connectivity index (χ0v) is 3.13. The minimum Gasteiger partial charge on any atom is -0.412 e. The van der Waals surface area contributed by atoms with Crippen LogP contribution in [-0.2, 0) is 0 Å². The highest BCUT2D eigenvalue weighted by molar-refractivity contribution is 6.11. The summed E-state index contributed by atoms with van der Waals surface area (Å²) in [6.45, 7) is 0. The zero-order valence-electron chi connectivity index (χ0n) is 3.38. The number of hydrogen-bond donors (Lipinski definition) is 1. The second-order valence-corrected chi connectivity index (χ2v) is 0. The van der Waals surface area contributed by atoms with Crippen molar-refractivity contribution >= 4 is 11.8 Å². The molecule has 8 N–H and O–H groups in total. The fourth-order valence-electron chi connectivity index (χ4n) is 0. The van der Waals surface area contributed by atoms with E-state index in [0.717, 1.165) is 0 Å². The lowest BCUT2D eigenvalue weighted by molar-refractivity contribution is 0.823. The van der Waals surface area contributed by atoms with Gasteiger partial charge in [0.15, 0.2) is 0 Å². The van der Waals surface area contributed by atoms with E-state index in [9.17, 15) is 0 Å². The van der Waals surface area contributed by atoms with Crippen molar-refractivity contribution in [2.45, 2.75) is 0 Å². The van der Waals surface area contributed by atoms with Crippen molar-refractivity contribution < 1.29 is 17.8 Å². The third kappa shape index (κ3) is 1110. The van der Waals surface area contributed by atoms with Gasteiger partial charge in [0.1, 0.15) is 1.41 Å². The summed E-state index contributed by atoms with van der Waals surface area (Å²) in [5.74, 6) is 0. The first-order valence-corrected chi connectivity index (χ1v) is 0.567. The molecule has 0 atom stereocenters. The Balaban J connectivity index is -0.00000000667. The molecule has 0 aliphatic heterocycles. The van der Waals surface area contributed by atoms with E-state index in [1.54, 1.807) is 0 Å². The highest BCUT2D eigenvalue weighted by Gasteiger charge is 0.868. The molecule has 0 aliphatic carbocycles. The van der Waals surface area contributed by atoms with Gasteiger partial charge in [0.05, 0.1) is 0 Å². The summed E-state index contributed by atoms with van der Waals surface area (Å²) >= 11 is 4.42. The van der Waals surface area contributed by atoms with E-state index in [2.05, 4.69) is 11.8 Å². The molecule has 0 aromatic rings. The van der Waals surface area contributed by atoms with E-state index in [1.165, 1.54) is 5.25 Å². The first-order chi connectivity index (χ1) is 1.41. The summed E-state index contributed by atoms with van der Waals surface area (Å²) in [5.41, 5.74) is 0. The van der Waals surface area contributed by atoms with Crippen LogP contribution >= 0.6 is 11.8 Å². The molecule has 0 unspecified atom stereocenters. The van der Waals surface area contributed by atoms with E-state index in [-0.39, 0.29) is 16.4 Å². The molecular weight excluding hydrogens is 97.5 g/mol. The van der Waals surface area contributed by atoms with E-state index in [0.29, 0.717) is 0 Å². The lowest BCUT2D eigenvalue weighted by Crippen LogP contribution is -1.48. The number of rotatable bonds is 0. The Kier molecular flexibility index (Phi) is 9240. The number of hydrogen-bond acceptors (Lipinski definition) is 1. The molecule has 0 radical (unpaired) electrons. The molecule has 4 nitrogen and oxygen atoms in total. The number of nitrogens with two attached hydrogens (primary N) is 1. The van der Waals surface area contributed by atoms with Crippen LogP contribution in [0.1, 0.15) is 0 Å². The van der Waals surface area contributed by atoms with Crippen molar-refractivity contribution in [3.05, 3.63) is 0 Å². The Morgan fingerprint density at radius 1 is 1.40 bits per heavy atom. The Bertz CT molecular complexity index is 10.8. The molecule has 5 heavy (non-hydrogen) atoms. The van der Waals surface area contributed by atoms with E-state index < -0.39 is 0 Å². The summed E-state index contributed by atoms with van der Waals surface area (Å²) < 4.78 is 5.72. The van der Waals surface area contributed by atoms with Crippen molar-refractivity contribution in [1.29, 1.82) is 0 Å². The summed E-state index contributed by atoms with van der Waals surface area (Å²) in [4.78, 5) is 0. The lowest BCUT2D eigenvalue weighted by Gasteiger charge is -1.14. The molecule has 0 fully saturated rings. The van der Waals surface area contributed by atoms with Gasteiger partial charge < -0.3 is 16.4 Å². The van der Waals surface area contributed by atoms with Gasteiger partial charge in [-0.15, -0.1) is 0 Å². The van der Waals surface area contributed by atoms with Crippen LogP contribution in [-0.4, -0.2) is 16.4 Å². The maximum absolute atomic E-state index is 5.72. The van der Waals surface area contributed by atoms with Gasteiger partial charge in [0.25, 0.3) is 0 Å². The van der Waals surface area contributed by atoms with Crippen LogP contribution in [0.2, 0.25) is 1.41 Å². The van der Waals surface area contributed by atoms with Crippen LogP contribution in [0.4, 0.5) is 0 Å².